The minimum absolute atomic E-state index is 0.278. The zero-order chi connectivity index (χ0) is 17.3. The van der Waals surface area contributed by atoms with Crippen molar-refractivity contribution in [2.24, 2.45) is 13.0 Å². The summed E-state index contributed by atoms with van der Waals surface area (Å²) in [6.45, 7) is 0. The molecule has 0 saturated heterocycles. The largest absolute Gasteiger partial charge is 0.408 e. The molecule has 134 valence electrons. The van der Waals surface area contributed by atoms with E-state index in [9.17, 15) is 18.0 Å². The van der Waals surface area contributed by atoms with Gasteiger partial charge in [0.2, 0.25) is 0 Å². The molecule has 2 aliphatic carbocycles. The van der Waals surface area contributed by atoms with Crippen molar-refractivity contribution < 1.29 is 18.0 Å². The number of rotatable bonds is 3. The quantitative estimate of drug-likeness (QED) is 0.884. The minimum atomic E-state index is -4.42. The molecule has 0 spiro atoms. The number of fused-ring (bicyclic) bond motifs is 1. The average Bonchev–Trinajstić information content (AvgIpc) is 3.12. The van der Waals surface area contributed by atoms with Crippen LogP contribution in [0.25, 0.3) is 0 Å². The summed E-state index contributed by atoms with van der Waals surface area (Å²) in [5.74, 6) is -0.518. The molecule has 2 atom stereocenters. The van der Waals surface area contributed by atoms with Crippen LogP contribution in [-0.2, 0) is 13.5 Å². The van der Waals surface area contributed by atoms with Gasteiger partial charge in [-0.2, -0.15) is 18.3 Å². The third-order valence-corrected chi connectivity index (χ3v) is 5.04. The number of amides is 2. The fraction of sp³-hybridized carbons (Fsp3) is 0.750. The number of carbonyl (C=O) groups excluding carboxylic acids is 1. The lowest BCUT2D eigenvalue weighted by molar-refractivity contribution is -0.164. The first-order valence-corrected chi connectivity index (χ1v) is 8.51. The lowest BCUT2D eigenvalue weighted by atomic mass is 9.93. The Morgan fingerprint density at radius 3 is 2.67 bits per heavy atom. The summed E-state index contributed by atoms with van der Waals surface area (Å²) in [5.41, 5.74) is 1.82. The van der Waals surface area contributed by atoms with Gasteiger partial charge in [-0.1, -0.05) is 12.8 Å². The molecule has 0 aliphatic heterocycles. The van der Waals surface area contributed by atoms with E-state index in [0.29, 0.717) is 19.3 Å². The van der Waals surface area contributed by atoms with Gasteiger partial charge in [0.1, 0.15) is 6.04 Å². The van der Waals surface area contributed by atoms with Gasteiger partial charge in [-0.05, 0) is 38.0 Å². The number of nitrogens with one attached hydrogen (secondary N) is 2. The summed E-state index contributed by atoms with van der Waals surface area (Å²) in [5, 5.41) is 9.23. The van der Waals surface area contributed by atoms with Gasteiger partial charge in [-0.25, -0.2) is 4.79 Å². The number of halogens is 3. The molecule has 1 saturated carbocycles. The number of aromatic nitrogens is 2. The summed E-state index contributed by atoms with van der Waals surface area (Å²) >= 11 is 0. The van der Waals surface area contributed by atoms with Crippen LogP contribution in [0, 0.1) is 5.92 Å². The van der Waals surface area contributed by atoms with Gasteiger partial charge in [-0.15, -0.1) is 0 Å². The first-order chi connectivity index (χ1) is 11.3. The van der Waals surface area contributed by atoms with Crippen LogP contribution in [0.5, 0.6) is 0 Å². The van der Waals surface area contributed by atoms with Crippen molar-refractivity contribution in [2.75, 3.05) is 0 Å². The summed E-state index contributed by atoms with van der Waals surface area (Å²) < 4.78 is 41.6. The highest BCUT2D eigenvalue weighted by atomic mass is 19.4. The molecule has 24 heavy (non-hydrogen) atoms. The Balaban J connectivity index is 1.66. The van der Waals surface area contributed by atoms with E-state index in [2.05, 4.69) is 15.7 Å². The zero-order valence-electron chi connectivity index (χ0n) is 13.7. The third-order valence-electron chi connectivity index (χ3n) is 5.04. The maximum atomic E-state index is 13.3. The predicted octanol–water partition coefficient (Wildman–Crippen LogP) is 3.22. The molecule has 0 radical (unpaired) electrons. The number of urea groups is 1. The molecule has 2 aliphatic rings. The average molecular weight is 344 g/mol. The molecule has 2 amide bonds. The fourth-order valence-corrected chi connectivity index (χ4v) is 3.92. The van der Waals surface area contributed by atoms with Gasteiger partial charge in [0.25, 0.3) is 0 Å². The summed E-state index contributed by atoms with van der Waals surface area (Å²) in [6, 6.07) is -2.79. The van der Waals surface area contributed by atoms with Crippen molar-refractivity contribution in [3.8, 4) is 0 Å². The van der Waals surface area contributed by atoms with Gasteiger partial charge in [0, 0.05) is 18.8 Å². The highest BCUT2D eigenvalue weighted by molar-refractivity contribution is 5.75. The second kappa shape index (κ2) is 6.64. The molecule has 0 aromatic carbocycles. The Morgan fingerprint density at radius 1 is 1.29 bits per heavy atom. The molecule has 0 bridgehead atoms. The number of alkyl halides is 3. The van der Waals surface area contributed by atoms with Crippen LogP contribution in [0.3, 0.4) is 0 Å². The van der Waals surface area contributed by atoms with Crippen molar-refractivity contribution >= 4 is 6.03 Å². The minimum Gasteiger partial charge on any atom is -0.331 e. The summed E-state index contributed by atoms with van der Waals surface area (Å²) in [7, 11) is 1.80. The Morgan fingerprint density at radius 2 is 2.00 bits per heavy atom. The highest BCUT2D eigenvalue weighted by Gasteiger charge is 2.46. The van der Waals surface area contributed by atoms with Gasteiger partial charge >= 0.3 is 12.2 Å². The molecule has 1 heterocycles. The molecule has 1 fully saturated rings. The maximum absolute atomic E-state index is 13.3. The van der Waals surface area contributed by atoms with Crippen molar-refractivity contribution in [1.29, 1.82) is 0 Å². The second-order valence-corrected chi connectivity index (χ2v) is 6.83. The molecule has 5 nitrogen and oxygen atoms in total. The van der Waals surface area contributed by atoms with E-state index in [-0.39, 0.29) is 6.04 Å². The molecular formula is C16H23F3N4O. The van der Waals surface area contributed by atoms with Crippen molar-refractivity contribution in [2.45, 2.75) is 63.2 Å². The van der Waals surface area contributed by atoms with Crippen LogP contribution >= 0.6 is 0 Å². The number of hydrogen-bond donors (Lipinski definition) is 2. The molecule has 1 aromatic rings. The van der Waals surface area contributed by atoms with E-state index >= 15 is 0 Å². The Hall–Kier alpha value is -1.73. The van der Waals surface area contributed by atoms with E-state index < -0.39 is 24.2 Å². The first kappa shape index (κ1) is 17.1. The molecule has 8 heteroatoms. The van der Waals surface area contributed by atoms with Crippen LogP contribution < -0.4 is 10.6 Å². The fourth-order valence-electron chi connectivity index (χ4n) is 3.92. The molecule has 1 aromatic heterocycles. The lowest BCUT2D eigenvalue weighted by Gasteiger charge is -2.29. The maximum Gasteiger partial charge on any atom is 0.408 e. The number of nitrogens with zero attached hydrogens (tertiary/aromatic N) is 2. The topological polar surface area (TPSA) is 59.0 Å². The van der Waals surface area contributed by atoms with Crippen molar-refractivity contribution in [3.05, 3.63) is 17.5 Å². The van der Waals surface area contributed by atoms with E-state index in [1.165, 1.54) is 0 Å². The van der Waals surface area contributed by atoms with Gasteiger partial charge in [0.05, 0.1) is 11.7 Å². The Bertz CT molecular complexity index is 593. The molecular weight excluding hydrogens is 321 g/mol. The predicted molar refractivity (Wildman–Crippen MR) is 82.4 cm³/mol. The Labute approximate surface area is 139 Å². The summed E-state index contributed by atoms with van der Waals surface area (Å²) in [4.78, 5) is 12.2. The van der Waals surface area contributed by atoms with E-state index in [1.54, 1.807) is 11.7 Å². The number of carbonyl (C=O) groups is 1. The number of hydrogen-bond acceptors (Lipinski definition) is 2. The van der Waals surface area contributed by atoms with E-state index in [0.717, 1.165) is 36.9 Å². The lowest BCUT2D eigenvalue weighted by Crippen LogP contribution is -2.53. The summed E-state index contributed by atoms with van der Waals surface area (Å²) in [6.07, 6.45) is 2.44. The molecule has 2 N–H and O–H groups in total. The van der Waals surface area contributed by atoms with Crippen LogP contribution in [0.4, 0.5) is 18.0 Å². The van der Waals surface area contributed by atoms with Crippen molar-refractivity contribution in [1.82, 2.24) is 20.4 Å². The normalized spacial score (nSPS) is 22.9. The Kier molecular flexibility index (Phi) is 4.73. The van der Waals surface area contributed by atoms with E-state index in [4.69, 9.17) is 0 Å². The smallest absolute Gasteiger partial charge is 0.331 e. The standard InChI is InChI=1S/C16H23F3N4O/c1-23-9-11-12(7-4-8-13(11)22-23)20-15(24)21-14(16(17,18)19)10-5-2-3-6-10/h9-10,12,14H,2-8H2,1H3,(H2,20,21,24)/t12-,14+/m1/s1. The van der Waals surface area contributed by atoms with Crippen LogP contribution in [0.2, 0.25) is 0 Å². The van der Waals surface area contributed by atoms with Crippen LogP contribution in [0.15, 0.2) is 6.20 Å². The van der Waals surface area contributed by atoms with Crippen molar-refractivity contribution in [3.63, 3.8) is 0 Å². The van der Waals surface area contributed by atoms with Gasteiger partial charge < -0.3 is 10.6 Å². The van der Waals surface area contributed by atoms with E-state index in [1.807, 2.05) is 6.20 Å². The molecule has 3 rings (SSSR count). The molecule has 0 unspecified atom stereocenters. The monoisotopic (exact) mass is 344 g/mol. The third kappa shape index (κ3) is 3.67. The first-order valence-electron chi connectivity index (χ1n) is 8.51. The highest BCUT2D eigenvalue weighted by Crippen LogP contribution is 2.36. The van der Waals surface area contributed by atoms with Gasteiger partial charge in [-0.3, -0.25) is 4.68 Å². The number of aryl methyl sites for hydroxylation is 2. The van der Waals surface area contributed by atoms with Gasteiger partial charge in [0.15, 0.2) is 0 Å². The van der Waals surface area contributed by atoms with Crippen LogP contribution in [-0.4, -0.2) is 28.0 Å². The zero-order valence-corrected chi connectivity index (χ0v) is 13.7. The SMILES string of the molecule is Cn1cc2c(n1)CCC[C@H]2NC(=O)N[C@@H](C1CCCC1)C(F)(F)F. The van der Waals surface area contributed by atoms with Crippen LogP contribution in [0.1, 0.15) is 55.8 Å². The second-order valence-electron chi connectivity index (χ2n) is 6.83.